The predicted molar refractivity (Wildman–Crippen MR) is 99.3 cm³/mol. The van der Waals surface area contributed by atoms with Crippen molar-refractivity contribution in [1.82, 2.24) is 4.72 Å². The number of rotatable bonds is 8. The molecule has 2 aromatic carbocycles. The fourth-order valence-corrected chi connectivity index (χ4v) is 3.27. The van der Waals surface area contributed by atoms with Crippen LogP contribution in [0.5, 0.6) is 5.75 Å². The summed E-state index contributed by atoms with van der Waals surface area (Å²) in [5, 5.41) is 13.7. The molecule has 2 aromatic rings. The quantitative estimate of drug-likeness (QED) is 0.523. The van der Waals surface area contributed by atoms with Gasteiger partial charge in [-0.15, -0.1) is 0 Å². The van der Waals surface area contributed by atoms with E-state index in [4.69, 9.17) is 4.74 Å². The zero-order valence-corrected chi connectivity index (χ0v) is 15.6. The van der Waals surface area contributed by atoms with E-state index in [2.05, 4.69) is 10.0 Å². The van der Waals surface area contributed by atoms with Crippen LogP contribution in [-0.4, -0.2) is 32.9 Å². The highest BCUT2D eigenvalue weighted by Gasteiger charge is 2.22. The minimum absolute atomic E-state index is 0.0450. The van der Waals surface area contributed by atoms with E-state index in [0.29, 0.717) is 5.69 Å². The van der Waals surface area contributed by atoms with Gasteiger partial charge >= 0.3 is 5.69 Å². The van der Waals surface area contributed by atoms with E-state index in [1.165, 1.54) is 19.2 Å². The van der Waals surface area contributed by atoms with Crippen molar-refractivity contribution >= 4 is 27.3 Å². The first-order chi connectivity index (χ1) is 12.7. The van der Waals surface area contributed by atoms with Crippen LogP contribution in [0, 0.1) is 17.0 Å². The Morgan fingerprint density at radius 1 is 1.19 bits per heavy atom. The summed E-state index contributed by atoms with van der Waals surface area (Å²) in [7, 11) is -2.75. The first kappa shape index (κ1) is 20.3. The van der Waals surface area contributed by atoms with E-state index >= 15 is 0 Å². The number of nitrogens with one attached hydrogen (secondary N) is 2. The number of nitrogens with zero attached hydrogens (tertiary/aromatic N) is 1. The minimum Gasteiger partial charge on any atom is -0.490 e. The summed E-state index contributed by atoms with van der Waals surface area (Å²) in [6.07, 6.45) is -0.0919. The summed E-state index contributed by atoms with van der Waals surface area (Å²) >= 11 is 0. The number of carbonyl (C=O) groups excluding carboxylic acids is 1. The van der Waals surface area contributed by atoms with Crippen molar-refractivity contribution in [3.8, 4) is 5.75 Å². The van der Waals surface area contributed by atoms with Crippen molar-refractivity contribution in [1.29, 1.82) is 0 Å². The standard InChI is InChI=1S/C17H19N3O6S/c1-12-3-5-13(6-4-12)19-17(21)9-10-18-27(24,25)14-7-8-16(26-2)15(11-14)20(22)23/h3-8,11,18H,9-10H2,1-2H3,(H,19,21). The Balaban J connectivity index is 1.98. The average Bonchev–Trinajstić information content (AvgIpc) is 2.62. The molecule has 0 saturated carbocycles. The summed E-state index contributed by atoms with van der Waals surface area (Å²) in [6.45, 7) is 1.77. The third-order valence-electron chi connectivity index (χ3n) is 3.64. The average molecular weight is 393 g/mol. The smallest absolute Gasteiger partial charge is 0.312 e. The summed E-state index contributed by atoms with van der Waals surface area (Å²) in [6, 6.07) is 10.5. The molecule has 0 atom stereocenters. The molecule has 144 valence electrons. The van der Waals surface area contributed by atoms with Gasteiger partial charge in [0.2, 0.25) is 15.9 Å². The molecular formula is C17H19N3O6S. The van der Waals surface area contributed by atoms with Crippen LogP contribution in [0.2, 0.25) is 0 Å². The number of amides is 1. The predicted octanol–water partition coefficient (Wildman–Crippen LogP) is 2.22. The molecule has 0 aliphatic heterocycles. The highest BCUT2D eigenvalue weighted by atomic mass is 32.2. The van der Waals surface area contributed by atoms with Crippen molar-refractivity contribution in [2.45, 2.75) is 18.2 Å². The molecule has 0 radical (unpaired) electrons. The maximum absolute atomic E-state index is 12.3. The lowest BCUT2D eigenvalue weighted by molar-refractivity contribution is -0.386. The van der Waals surface area contributed by atoms with Crippen molar-refractivity contribution in [2.24, 2.45) is 0 Å². The van der Waals surface area contributed by atoms with Gasteiger partial charge in [0.1, 0.15) is 0 Å². The first-order valence-electron chi connectivity index (χ1n) is 7.91. The molecule has 0 bridgehead atoms. The van der Waals surface area contributed by atoms with Crippen LogP contribution in [0.4, 0.5) is 11.4 Å². The van der Waals surface area contributed by atoms with Gasteiger partial charge in [0.15, 0.2) is 5.75 Å². The SMILES string of the molecule is COc1ccc(S(=O)(=O)NCCC(=O)Nc2ccc(C)cc2)cc1[N+](=O)[O-]. The highest BCUT2D eigenvalue weighted by molar-refractivity contribution is 7.89. The second-order valence-corrected chi connectivity index (χ2v) is 7.42. The van der Waals surface area contributed by atoms with Crippen molar-refractivity contribution < 1.29 is 22.9 Å². The molecule has 9 nitrogen and oxygen atoms in total. The Kier molecular flexibility index (Phi) is 6.48. The van der Waals surface area contributed by atoms with Gasteiger partial charge in [-0.3, -0.25) is 14.9 Å². The minimum atomic E-state index is -4.01. The van der Waals surface area contributed by atoms with Crippen LogP contribution in [0.25, 0.3) is 0 Å². The van der Waals surface area contributed by atoms with E-state index in [-0.39, 0.29) is 29.5 Å². The van der Waals surface area contributed by atoms with E-state index in [9.17, 15) is 23.3 Å². The molecule has 2 rings (SSSR count). The number of ether oxygens (including phenoxy) is 1. The van der Waals surface area contributed by atoms with E-state index in [1.807, 2.05) is 19.1 Å². The summed E-state index contributed by atoms with van der Waals surface area (Å²) in [5.41, 5.74) is 1.20. The summed E-state index contributed by atoms with van der Waals surface area (Å²) < 4.78 is 31.6. The number of nitro groups is 1. The first-order valence-corrected chi connectivity index (χ1v) is 9.40. The molecule has 0 fully saturated rings. The van der Waals surface area contributed by atoms with Gasteiger partial charge in [-0.25, -0.2) is 13.1 Å². The van der Waals surface area contributed by atoms with Crippen LogP contribution in [-0.2, 0) is 14.8 Å². The number of hydrogen-bond donors (Lipinski definition) is 2. The molecule has 1 amide bonds. The Bertz CT molecular complexity index is 942. The lowest BCUT2D eigenvalue weighted by Gasteiger charge is -2.09. The number of methoxy groups -OCH3 is 1. The van der Waals surface area contributed by atoms with Crippen molar-refractivity contribution in [3.63, 3.8) is 0 Å². The van der Waals surface area contributed by atoms with Gasteiger partial charge in [0, 0.05) is 24.7 Å². The molecule has 2 N–H and O–H groups in total. The molecule has 0 aliphatic carbocycles. The summed E-state index contributed by atoms with van der Waals surface area (Å²) in [5.74, 6) is -0.404. The zero-order valence-electron chi connectivity index (χ0n) is 14.8. The zero-order chi connectivity index (χ0) is 20.0. The van der Waals surface area contributed by atoms with Gasteiger partial charge in [0.05, 0.1) is 16.9 Å². The van der Waals surface area contributed by atoms with Crippen LogP contribution in [0.15, 0.2) is 47.4 Å². The maximum atomic E-state index is 12.3. The molecule has 0 unspecified atom stereocenters. The Morgan fingerprint density at radius 3 is 2.44 bits per heavy atom. The lowest BCUT2D eigenvalue weighted by atomic mass is 10.2. The monoisotopic (exact) mass is 393 g/mol. The van der Waals surface area contributed by atoms with E-state index in [0.717, 1.165) is 11.6 Å². The van der Waals surface area contributed by atoms with Crippen LogP contribution < -0.4 is 14.8 Å². The number of nitro benzene ring substituents is 1. The number of sulfonamides is 1. The molecule has 0 aromatic heterocycles. The Labute approximate surface area is 156 Å². The largest absolute Gasteiger partial charge is 0.490 e. The fraction of sp³-hybridized carbons (Fsp3) is 0.235. The molecule has 10 heteroatoms. The maximum Gasteiger partial charge on any atom is 0.312 e. The van der Waals surface area contributed by atoms with Gasteiger partial charge in [-0.05, 0) is 31.2 Å². The number of carbonyl (C=O) groups is 1. The Morgan fingerprint density at radius 2 is 1.85 bits per heavy atom. The van der Waals surface area contributed by atoms with Crippen LogP contribution >= 0.6 is 0 Å². The molecule has 0 saturated heterocycles. The van der Waals surface area contributed by atoms with Gasteiger partial charge in [0.25, 0.3) is 0 Å². The number of anilines is 1. The molecule has 0 spiro atoms. The van der Waals surface area contributed by atoms with Crippen molar-refractivity contribution in [3.05, 3.63) is 58.1 Å². The second kappa shape index (κ2) is 8.60. The van der Waals surface area contributed by atoms with Crippen LogP contribution in [0.3, 0.4) is 0 Å². The highest BCUT2D eigenvalue weighted by Crippen LogP contribution is 2.29. The second-order valence-electron chi connectivity index (χ2n) is 5.65. The van der Waals surface area contributed by atoms with Gasteiger partial charge in [-0.2, -0.15) is 0 Å². The number of benzene rings is 2. The topological polar surface area (TPSA) is 128 Å². The third kappa shape index (κ3) is 5.50. The molecule has 0 heterocycles. The van der Waals surface area contributed by atoms with E-state index < -0.39 is 20.6 Å². The summed E-state index contributed by atoms with van der Waals surface area (Å²) in [4.78, 5) is 21.9. The normalized spacial score (nSPS) is 11.0. The molecule has 27 heavy (non-hydrogen) atoms. The molecular weight excluding hydrogens is 374 g/mol. The number of hydrogen-bond acceptors (Lipinski definition) is 6. The van der Waals surface area contributed by atoms with Gasteiger partial charge in [-0.1, -0.05) is 17.7 Å². The van der Waals surface area contributed by atoms with E-state index in [1.54, 1.807) is 12.1 Å². The Hall–Kier alpha value is -2.98. The number of aryl methyl sites for hydroxylation is 1. The van der Waals surface area contributed by atoms with Gasteiger partial charge < -0.3 is 10.1 Å². The fourth-order valence-electron chi connectivity index (χ4n) is 2.22. The van der Waals surface area contributed by atoms with Crippen LogP contribution in [0.1, 0.15) is 12.0 Å². The third-order valence-corrected chi connectivity index (χ3v) is 5.10. The van der Waals surface area contributed by atoms with Crippen molar-refractivity contribution in [2.75, 3.05) is 19.0 Å². The lowest BCUT2D eigenvalue weighted by Crippen LogP contribution is -2.28. The molecule has 0 aliphatic rings.